The summed E-state index contributed by atoms with van der Waals surface area (Å²) in [6.45, 7) is 2.16. The molecule has 108 valence electrons. The van der Waals surface area contributed by atoms with Crippen LogP contribution in [0, 0.1) is 6.92 Å². The van der Waals surface area contributed by atoms with Crippen LogP contribution in [0.2, 0.25) is 0 Å². The van der Waals surface area contributed by atoms with Gasteiger partial charge in [-0.3, -0.25) is 4.98 Å². The number of anilines is 1. The molecule has 1 atom stereocenters. The summed E-state index contributed by atoms with van der Waals surface area (Å²) >= 11 is 0. The number of rotatable bonds is 5. The van der Waals surface area contributed by atoms with Crippen LogP contribution in [0.15, 0.2) is 53.3 Å². The highest BCUT2D eigenvalue weighted by Crippen LogP contribution is 2.28. The van der Waals surface area contributed by atoms with Gasteiger partial charge in [0.25, 0.3) is 0 Å². The van der Waals surface area contributed by atoms with E-state index in [0.29, 0.717) is 6.42 Å². The fraction of sp³-hybridized carbons (Fsp3) is 0.235. The highest BCUT2D eigenvalue weighted by atomic mass is 16.3. The van der Waals surface area contributed by atoms with Crippen LogP contribution in [0.5, 0.6) is 0 Å². The molecule has 0 aliphatic carbocycles. The van der Waals surface area contributed by atoms with E-state index in [1.165, 1.54) is 5.56 Å². The van der Waals surface area contributed by atoms with Crippen molar-refractivity contribution in [1.29, 1.82) is 0 Å². The maximum absolute atomic E-state index is 9.28. The molecule has 0 saturated carbocycles. The van der Waals surface area contributed by atoms with Crippen LogP contribution in [-0.2, 0) is 0 Å². The lowest BCUT2D eigenvalue weighted by molar-refractivity contribution is 0.273. The van der Waals surface area contributed by atoms with Gasteiger partial charge in [0.1, 0.15) is 5.76 Å². The fourth-order valence-electron chi connectivity index (χ4n) is 2.48. The van der Waals surface area contributed by atoms with E-state index in [0.717, 1.165) is 22.4 Å². The van der Waals surface area contributed by atoms with Crippen molar-refractivity contribution in [2.75, 3.05) is 11.9 Å². The Balaban J connectivity index is 1.97. The third-order valence-corrected chi connectivity index (χ3v) is 3.53. The zero-order valence-electron chi connectivity index (χ0n) is 11.9. The molecule has 0 saturated heterocycles. The average molecular weight is 282 g/mol. The summed E-state index contributed by atoms with van der Waals surface area (Å²) in [4.78, 5) is 4.39. The molecular formula is C17H18N2O2. The smallest absolute Gasteiger partial charge is 0.126 e. The van der Waals surface area contributed by atoms with Crippen molar-refractivity contribution >= 4 is 16.6 Å². The van der Waals surface area contributed by atoms with E-state index in [-0.39, 0.29) is 12.6 Å². The second kappa shape index (κ2) is 5.97. The van der Waals surface area contributed by atoms with Gasteiger partial charge in [0.15, 0.2) is 0 Å². The third kappa shape index (κ3) is 2.90. The zero-order chi connectivity index (χ0) is 14.7. The van der Waals surface area contributed by atoms with Gasteiger partial charge < -0.3 is 14.8 Å². The van der Waals surface area contributed by atoms with E-state index in [4.69, 9.17) is 4.42 Å². The standard InChI is InChI=1S/C17H18N2O2/c1-12-4-5-14-13(11-12)15(6-8-18-14)19-16(7-9-20)17-3-2-10-21-17/h2-6,8,10-11,16,20H,7,9H2,1H3,(H,18,19). The van der Waals surface area contributed by atoms with E-state index in [2.05, 4.69) is 29.4 Å². The maximum atomic E-state index is 9.28. The van der Waals surface area contributed by atoms with Crippen molar-refractivity contribution in [3.63, 3.8) is 0 Å². The zero-order valence-corrected chi connectivity index (χ0v) is 11.9. The molecule has 0 aliphatic heterocycles. The fourth-order valence-corrected chi connectivity index (χ4v) is 2.48. The Bertz CT molecular complexity index is 723. The van der Waals surface area contributed by atoms with Gasteiger partial charge >= 0.3 is 0 Å². The summed E-state index contributed by atoms with van der Waals surface area (Å²) in [5, 5.41) is 13.8. The second-order valence-corrected chi connectivity index (χ2v) is 5.10. The van der Waals surface area contributed by atoms with Gasteiger partial charge in [-0.2, -0.15) is 0 Å². The average Bonchev–Trinajstić information content (AvgIpc) is 3.01. The van der Waals surface area contributed by atoms with E-state index in [1.54, 1.807) is 12.5 Å². The Morgan fingerprint density at radius 3 is 2.95 bits per heavy atom. The van der Waals surface area contributed by atoms with Gasteiger partial charge in [0, 0.05) is 23.9 Å². The van der Waals surface area contributed by atoms with Crippen molar-refractivity contribution < 1.29 is 9.52 Å². The Labute approximate surface area is 123 Å². The number of pyridine rings is 1. The van der Waals surface area contributed by atoms with E-state index in [9.17, 15) is 5.11 Å². The Kier molecular flexibility index (Phi) is 3.88. The van der Waals surface area contributed by atoms with Gasteiger partial charge in [-0.15, -0.1) is 0 Å². The van der Waals surface area contributed by atoms with Gasteiger partial charge in [0.2, 0.25) is 0 Å². The maximum Gasteiger partial charge on any atom is 0.126 e. The Hall–Kier alpha value is -2.33. The monoisotopic (exact) mass is 282 g/mol. The molecule has 21 heavy (non-hydrogen) atoms. The number of benzene rings is 1. The molecule has 2 N–H and O–H groups in total. The van der Waals surface area contributed by atoms with Crippen LogP contribution in [0.4, 0.5) is 5.69 Å². The quantitative estimate of drug-likeness (QED) is 0.749. The molecule has 2 aromatic heterocycles. The summed E-state index contributed by atoms with van der Waals surface area (Å²) in [7, 11) is 0. The van der Waals surface area contributed by atoms with E-state index >= 15 is 0 Å². The minimum Gasteiger partial charge on any atom is -0.467 e. The van der Waals surface area contributed by atoms with Crippen LogP contribution in [0.3, 0.4) is 0 Å². The van der Waals surface area contributed by atoms with Gasteiger partial charge in [-0.05, 0) is 43.7 Å². The molecule has 0 bridgehead atoms. The summed E-state index contributed by atoms with van der Waals surface area (Å²) in [6, 6.07) is 11.9. The van der Waals surface area contributed by atoms with E-state index < -0.39 is 0 Å². The van der Waals surface area contributed by atoms with Gasteiger partial charge in [-0.1, -0.05) is 11.6 Å². The highest BCUT2D eigenvalue weighted by molar-refractivity contribution is 5.91. The van der Waals surface area contributed by atoms with Crippen LogP contribution < -0.4 is 5.32 Å². The molecule has 0 aliphatic rings. The van der Waals surface area contributed by atoms with Crippen molar-refractivity contribution in [3.8, 4) is 0 Å². The lowest BCUT2D eigenvalue weighted by Crippen LogP contribution is -2.12. The summed E-state index contributed by atoms with van der Waals surface area (Å²) < 4.78 is 5.47. The van der Waals surface area contributed by atoms with Crippen molar-refractivity contribution in [2.45, 2.75) is 19.4 Å². The van der Waals surface area contributed by atoms with Crippen molar-refractivity contribution in [2.24, 2.45) is 0 Å². The molecule has 0 spiro atoms. The summed E-state index contributed by atoms with van der Waals surface area (Å²) in [6.07, 6.45) is 4.03. The SMILES string of the molecule is Cc1ccc2nccc(NC(CCO)c3ccco3)c2c1. The highest BCUT2D eigenvalue weighted by Gasteiger charge is 2.15. The summed E-state index contributed by atoms with van der Waals surface area (Å²) in [5.74, 6) is 0.821. The molecule has 3 aromatic rings. The first-order valence-electron chi connectivity index (χ1n) is 7.04. The molecule has 1 unspecified atom stereocenters. The van der Waals surface area contributed by atoms with Gasteiger partial charge in [-0.25, -0.2) is 0 Å². The predicted octanol–water partition coefficient (Wildman–Crippen LogP) is 3.67. The number of nitrogens with one attached hydrogen (secondary N) is 1. The third-order valence-electron chi connectivity index (χ3n) is 3.53. The molecule has 4 nitrogen and oxygen atoms in total. The Morgan fingerprint density at radius 1 is 1.29 bits per heavy atom. The Morgan fingerprint density at radius 2 is 2.19 bits per heavy atom. The normalized spacial score (nSPS) is 12.5. The largest absolute Gasteiger partial charge is 0.467 e. The minimum absolute atomic E-state index is 0.0592. The number of hydrogen-bond donors (Lipinski definition) is 2. The minimum atomic E-state index is -0.0592. The molecular weight excluding hydrogens is 264 g/mol. The molecule has 0 radical (unpaired) electrons. The first-order valence-corrected chi connectivity index (χ1v) is 7.04. The van der Waals surface area contributed by atoms with Crippen molar-refractivity contribution in [1.82, 2.24) is 4.98 Å². The molecule has 3 rings (SSSR count). The van der Waals surface area contributed by atoms with Gasteiger partial charge in [0.05, 0.1) is 17.8 Å². The second-order valence-electron chi connectivity index (χ2n) is 5.10. The number of hydrogen-bond acceptors (Lipinski definition) is 4. The molecule has 2 heterocycles. The molecule has 4 heteroatoms. The van der Waals surface area contributed by atoms with Crippen LogP contribution in [0.1, 0.15) is 23.8 Å². The number of aliphatic hydroxyl groups excluding tert-OH is 1. The molecule has 0 fully saturated rings. The van der Waals surface area contributed by atoms with Crippen LogP contribution in [-0.4, -0.2) is 16.7 Å². The predicted molar refractivity (Wildman–Crippen MR) is 83.3 cm³/mol. The van der Waals surface area contributed by atoms with E-state index in [1.807, 2.05) is 24.3 Å². The number of nitrogens with zero attached hydrogens (tertiary/aromatic N) is 1. The molecule has 0 amide bonds. The first-order chi connectivity index (χ1) is 10.3. The molecule has 1 aromatic carbocycles. The van der Waals surface area contributed by atoms with Crippen LogP contribution >= 0.6 is 0 Å². The lowest BCUT2D eigenvalue weighted by Gasteiger charge is -2.18. The van der Waals surface area contributed by atoms with Crippen molar-refractivity contribution in [3.05, 3.63) is 60.2 Å². The van der Waals surface area contributed by atoms with Crippen LogP contribution in [0.25, 0.3) is 10.9 Å². The number of fused-ring (bicyclic) bond motifs is 1. The lowest BCUT2D eigenvalue weighted by atomic mass is 10.1. The number of aromatic nitrogens is 1. The number of aliphatic hydroxyl groups is 1. The topological polar surface area (TPSA) is 58.3 Å². The first kappa shape index (κ1) is 13.6. The number of aryl methyl sites for hydroxylation is 1. The summed E-state index contributed by atoms with van der Waals surface area (Å²) in [5.41, 5.74) is 3.14. The number of furan rings is 1.